The van der Waals surface area contributed by atoms with E-state index in [1.165, 1.54) is 5.57 Å². The zero-order valence-electron chi connectivity index (χ0n) is 5.76. The lowest BCUT2D eigenvalue weighted by Crippen LogP contribution is -1.61. The van der Waals surface area contributed by atoms with Crippen LogP contribution >= 0.6 is 22.6 Å². The molecule has 0 aromatic heterocycles. The Kier molecular flexibility index (Phi) is 6.04. The molecule has 0 bridgehead atoms. The predicted octanol–water partition coefficient (Wildman–Crippen LogP) is 3.46. The molecule has 50 valence electrons. The van der Waals surface area contributed by atoms with Crippen molar-refractivity contribution in [3.05, 3.63) is 34.0 Å². The van der Waals surface area contributed by atoms with Crippen LogP contribution in [0.1, 0.15) is 13.8 Å². The Morgan fingerprint density at radius 1 is 1.44 bits per heavy atom. The molecule has 0 aliphatic carbocycles. The maximum absolute atomic E-state index is 2.21. The minimum Gasteiger partial charge on any atom is -0.0877 e. The highest BCUT2D eigenvalue weighted by Gasteiger charge is 1.73. The molecule has 0 atom stereocenters. The molecule has 0 N–H and O–H groups in total. The molecule has 0 saturated heterocycles. The van der Waals surface area contributed by atoms with Gasteiger partial charge in [-0.3, -0.25) is 0 Å². The van der Waals surface area contributed by atoms with E-state index in [-0.39, 0.29) is 0 Å². The Bertz CT molecular complexity index is 141. The van der Waals surface area contributed by atoms with Gasteiger partial charge in [0, 0.05) is 0 Å². The Morgan fingerprint density at radius 2 is 2.11 bits per heavy atom. The molecule has 0 aliphatic heterocycles. The van der Waals surface area contributed by atoms with Crippen LogP contribution in [0.5, 0.6) is 0 Å². The maximum Gasteiger partial charge on any atom is -0.0231 e. The summed E-state index contributed by atoms with van der Waals surface area (Å²) < 4.78 is 2.01. The molecule has 0 fully saturated rings. The topological polar surface area (TPSA) is 0 Å². The molecule has 0 heterocycles. The van der Waals surface area contributed by atoms with Crippen LogP contribution in [0, 0.1) is 0 Å². The molecular formula is C8H11I. The lowest BCUT2D eigenvalue weighted by Gasteiger charge is -1.83. The smallest absolute Gasteiger partial charge is 0.0231 e. The number of hydrogen-bond acceptors (Lipinski definition) is 0. The Labute approximate surface area is 70.5 Å². The van der Waals surface area contributed by atoms with Crippen molar-refractivity contribution in [2.75, 3.05) is 0 Å². The highest BCUT2D eigenvalue weighted by molar-refractivity contribution is 14.1. The second-order valence-electron chi connectivity index (χ2n) is 1.73. The summed E-state index contributed by atoms with van der Waals surface area (Å²) in [7, 11) is 0. The third-order valence-corrected chi connectivity index (χ3v) is 1.24. The molecule has 0 amide bonds. The average Bonchev–Trinajstić information content (AvgIpc) is 1.85. The molecular weight excluding hydrogens is 223 g/mol. The largest absolute Gasteiger partial charge is 0.0877 e. The van der Waals surface area contributed by atoms with Crippen LogP contribution < -0.4 is 0 Å². The summed E-state index contributed by atoms with van der Waals surface area (Å²) in [4.78, 5) is 0. The fourth-order valence-corrected chi connectivity index (χ4v) is 0.970. The quantitative estimate of drug-likeness (QED) is 0.507. The average molecular weight is 234 g/mol. The zero-order valence-corrected chi connectivity index (χ0v) is 7.92. The Hall–Kier alpha value is -0.0500. The highest BCUT2D eigenvalue weighted by atomic mass is 127. The van der Waals surface area contributed by atoms with Gasteiger partial charge in [-0.15, -0.1) is 0 Å². The fourth-order valence-electron chi connectivity index (χ4n) is 0.403. The summed E-state index contributed by atoms with van der Waals surface area (Å²) in [6.45, 7) is 4.09. The van der Waals surface area contributed by atoms with Crippen molar-refractivity contribution >= 4 is 22.6 Å². The minimum absolute atomic E-state index is 1.28. The van der Waals surface area contributed by atoms with Crippen LogP contribution in [0.2, 0.25) is 0 Å². The molecule has 0 rings (SSSR count). The van der Waals surface area contributed by atoms with E-state index in [1.54, 1.807) is 0 Å². The first-order chi connectivity index (χ1) is 4.31. The van der Waals surface area contributed by atoms with E-state index in [9.17, 15) is 0 Å². The van der Waals surface area contributed by atoms with Crippen LogP contribution in [0.4, 0.5) is 0 Å². The standard InChI is InChI=1S/C8H11I/c1-3-4-5-8(2)6-7-9/h3-7H,1-2H3/b4-3+,7-6-,8-5-. The SMILES string of the molecule is C/C=C/C=C(C)\C=C/I. The lowest BCUT2D eigenvalue weighted by atomic mass is 10.3. The van der Waals surface area contributed by atoms with Crippen molar-refractivity contribution in [2.24, 2.45) is 0 Å². The Balaban J connectivity index is 3.84. The van der Waals surface area contributed by atoms with Gasteiger partial charge < -0.3 is 0 Å². The fraction of sp³-hybridized carbons (Fsp3) is 0.250. The van der Waals surface area contributed by atoms with Crippen molar-refractivity contribution < 1.29 is 0 Å². The lowest BCUT2D eigenvalue weighted by molar-refractivity contribution is 1.53. The van der Waals surface area contributed by atoms with E-state index in [2.05, 4.69) is 41.7 Å². The zero-order chi connectivity index (χ0) is 7.11. The van der Waals surface area contributed by atoms with E-state index in [4.69, 9.17) is 0 Å². The monoisotopic (exact) mass is 234 g/mol. The van der Waals surface area contributed by atoms with Gasteiger partial charge in [0.1, 0.15) is 0 Å². The van der Waals surface area contributed by atoms with Crippen LogP contribution in [0.15, 0.2) is 34.0 Å². The summed E-state index contributed by atoms with van der Waals surface area (Å²) >= 11 is 2.21. The number of allylic oxidation sites excluding steroid dienone is 5. The van der Waals surface area contributed by atoms with Crippen molar-refractivity contribution in [2.45, 2.75) is 13.8 Å². The highest BCUT2D eigenvalue weighted by Crippen LogP contribution is 1.97. The van der Waals surface area contributed by atoms with Gasteiger partial charge in [0.25, 0.3) is 0 Å². The van der Waals surface area contributed by atoms with Gasteiger partial charge in [0.2, 0.25) is 0 Å². The summed E-state index contributed by atoms with van der Waals surface area (Å²) in [5.74, 6) is 0. The molecule has 1 heteroatoms. The summed E-state index contributed by atoms with van der Waals surface area (Å²) in [5, 5.41) is 0. The number of hydrogen-bond donors (Lipinski definition) is 0. The third kappa shape index (κ3) is 5.83. The first-order valence-electron chi connectivity index (χ1n) is 2.87. The van der Waals surface area contributed by atoms with Gasteiger partial charge in [-0.05, 0) is 17.9 Å². The van der Waals surface area contributed by atoms with Crippen molar-refractivity contribution in [3.8, 4) is 0 Å². The van der Waals surface area contributed by atoms with E-state index in [1.807, 2.05) is 23.2 Å². The molecule has 0 aromatic carbocycles. The first-order valence-corrected chi connectivity index (χ1v) is 4.12. The molecule has 0 aliphatic rings. The van der Waals surface area contributed by atoms with Crippen molar-refractivity contribution in [1.29, 1.82) is 0 Å². The Morgan fingerprint density at radius 3 is 2.56 bits per heavy atom. The first kappa shape index (κ1) is 8.95. The van der Waals surface area contributed by atoms with Gasteiger partial charge in [0.15, 0.2) is 0 Å². The molecule has 0 unspecified atom stereocenters. The van der Waals surface area contributed by atoms with E-state index in [0.29, 0.717) is 0 Å². The van der Waals surface area contributed by atoms with E-state index >= 15 is 0 Å². The molecule has 0 saturated carbocycles. The molecule has 0 aromatic rings. The summed E-state index contributed by atoms with van der Waals surface area (Å²) in [6, 6.07) is 0. The molecule has 0 radical (unpaired) electrons. The van der Waals surface area contributed by atoms with Crippen LogP contribution in [-0.2, 0) is 0 Å². The molecule has 9 heavy (non-hydrogen) atoms. The normalized spacial score (nSPS) is 13.9. The number of halogens is 1. The van der Waals surface area contributed by atoms with Crippen LogP contribution in [0.3, 0.4) is 0 Å². The van der Waals surface area contributed by atoms with Gasteiger partial charge in [-0.2, -0.15) is 0 Å². The third-order valence-electron chi connectivity index (χ3n) is 0.877. The van der Waals surface area contributed by atoms with Crippen molar-refractivity contribution in [1.82, 2.24) is 0 Å². The second kappa shape index (κ2) is 6.08. The van der Waals surface area contributed by atoms with Gasteiger partial charge >= 0.3 is 0 Å². The maximum atomic E-state index is 2.21. The summed E-state index contributed by atoms with van der Waals surface area (Å²) in [5.41, 5.74) is 1.28. The number of rotatable bonds is 2. The van der Waals surface area contributed by atoms with Gasteiger partial charge in [-0.1, -0.05) is 52.5 Å². The van der Waals surface area contributed by atoms with E-state index in [0.717, 1.165) is 0 Å². The van der Waals surface area contributed by atoms with Crippen molar-refractivity contribution in [3.63, 3.8) is 0 Å². The molecule has 0 spiro atoms. The summed E-state index contributed by atoms with van der Waals surface area (Å²) in [6.07, 6.45) is 8.20. The second-order valence-corrected chi connectivity index (χ2v) is 2.45. The van der Waals surface area contributed by atoms with Gasteiger partial charge in [0.05, 0.1) is 0 Å². The van der Waals surface area contributed by atoms with Crippen LogP contribution in [-0.4, -0.2) is 0 Å². The predicted molar refractivity (Wildman–Crippen MR) is 51.7 cm³/mol. The van der Waals surface area contributed by atoms with E-state index < -0.39 is 0 Å². The van der Waals surface area contributed by atoms with Gasteiger partial charge in [-0.25, -0.2) is 0 Å². The van der Waals surface area contributed by atoms with Crippen LogP contribution in [0.25, 0.3) is 0 Å². The minimum atomic E-state index is 1.28. The molecule has 0 nitrogen and oxygen atoms in total.